The van der Waals surface area contributed by atoms with Crippen molar-refractivity contribution in [3.05, 3.63) is 12.5 Å². The van der Waals surface area contributed by atoms with Crippen molar-refractivity contribution >= 4 is 11.6 Å². The Morgan fingerprint density at radius 2 is 2.64 bits per heavy atom. The molecule has 5 heteroatoms. The van der Waals surface area contributed by atoms with E-state index in [-0.39, 0.29) is 12.5 Å². The number of hydrogen-bond acceptors (Lipinski definition) is 4. The van der Waals surface area contributed by atoms with Crippen molar-refractivity contribution in [3.63, 3.8) is 0 Å². The van der Waals surface area contributed by atoms with Gasteiger partial charge in [0.2, 0.25) is 5.91 Å². The molecule has 1 rings (SSSR count). The number of rotatable bonds is 3. The largest absolute Gasteiger partial charge is 0.363 e. The maximum absolute atomic E-state index is 10.9. The van der Waals surface area contributed by atoms with Gasteiger partial charge in [-0.15, -0.1) is 0 Å². The molecule has 11 heavy (non-hydrogen) atoms. The van der Waals surface area contributed by atoms with Crippen LogP contribution < -0.4 is 10.6 Å². The summed E-state index contributed by atoms with van der Waals surface area (Å²) in [6.45, 7) is 0.283. The van der Waals surface area contributed by atoms with E-state index in [1.807, 2.05) is 0 Å². The van der Waals surface area contributed by atoms with Gasteiger partial charge >= 0.3 is 0 Å². The molecule has 1 aromatic heterocycles. The number of hydrogen-bond donors (Lipinski definition) is 2. The molecule has 1 amide bonds. The number of carbonyl (C=O) groups excluding carboxylic acids is 1. The van der Waals surface area contributed by atoms with Crippen molar-refractivity contribution in [2.75, 3.05) is 18.9 Å². The summed E-state index contributed by atoms with van der Waals surface area (Å²) >= 11 is 0. The normalized spacial score (nSPS) is 9.55. The highest BCUT2D eigenvalue weighted by molar-refractivity contribution is 5.91. The second-order valence-electron chi connectivity index (χ2n) is 1.99. The van der Waals surface area contributed by atoms with Gasteiger partial charge in [-0.3, -0.25) is 4.79 Å². The number of nitrogens with zero attached hydrogens (tertiary/aromatic N) is 1. The Kier molecular flexibility index (Phi) is 2.62. The second kappa shape index (κ2) is 3.72. The van der Waals surface area contributed by atoms with Crippen LogP contribution in [0.4, 0.5) is 5.69 Å². The molecule has 0 unspecified atom stereocenters. The van der Waals surface area contributed by atoms with Crippen LogP contribution in [-0.2, 0) is 4.79 Å². The molecule has 0 aromatic carbocycles. The zero-order valence-corrected chi connectivity index (χ0v) is 6.13. The average Bonchev–Trinajstić information content (AvgIpc) is 2.40. The minimum atomic E-state index is -0.115. The highest BCUT2D eigenvalue weighted by Gasteiger charge is 2.00. The fraction of sp³-hybridized carbons (Fsp3) is 0.333. The van der Waals surface area contributed by atoms with Gasteiger partial charge in [-0.1, -0.05) is 5.16 Å². The molecular formula is C6H9N3O2. The lowest BCUT2D eigenvalue weighted by Gasteiger charge is -1.98. The first kappa shape index (κ1) is 7.74. The van der Waals surface area contributed by atoms with Crippen LogP contribution in [0.1, 0.15) is 0 Å². The van der Waals surface area contributed by atoms with Gasteiger partial charge in [0.15, 0.2) is 0 Å². The molecule has 0 spiro atoms. The maximum atomic E-state index is 10.9. The first-order valence-electron chi connectivity index (χ1n) is 3.17. The lowest BCUT2D eigenvalue weighted by atomic mass is 10.5. The van der Waals surface area contributed by atoms with Crippen LogP contribution in [0.3, 0.4) is 0 Å². The van der Waals surface area contributed by atoms with Crippen LogP contribution in [0.25, 0.3) is 0 Å². The van der Waals surface area contributed by atoms with Crippen LogP contribution in [0.2, 0.25) is 0 Å². The Morgan fingerprint density at radius 1 is 1.82 bits per heavy atom. The number of nitrogens with one attached hydrogen (secondary N) is 2. The summed E-state index contributed by atoms with van der Waals surface area (Å²) < 4.78 is 4.51. The van der Waals surface area contributed by atoms with E-state index in [9.17, 15) is 4.79 Å². The molecule has 0 aliphatic rings. The highest BCUT2D eigenvalue weighted by atomic mass is 16.5. The number of amides is 1. The standard InChI is InChI=1S/C6H9N3O2/c1-7-3-6(10)9-5-2-8-11-4-5/h2,4,7H,3H2,1H3,(H,9,10). The van der Waals surface area contributed by atoms with E-state index in [0.29, 0.717) is 5.69 Å². The lowest BCUT2D eigenvalue weighted by Crippen LogP contribution is -2.24. The summed E-state index contributed by atoms with van der Waals surface area (Å²) in [6.07, 6.45) is 2.81. The molecule has 0 aliphatic carbocycles. The monoisotopic (exact) mass is 155 g/mol. The molecule has 0 radical (unpaired) electrons. The summed E-state index contributed by atoms with van der Waals surface area (Å²) in [6, 6.07) is 0. The third-order valence-corrected chi connectivity index (χ3v) is 1.05. The summed E-state index contributed by atoms with van der Waals surface area (Å²) in [5.74, 6) is -0.115. The third kappa shape index (κ3) is 2.38. The molecule has 0 saturated carbocycles. The minimum Gasteiger partial charge on any atom is -0.363 e. The smallest absolute Gasteiger partial charge is 0.238 e. The third-order valence-electron chi connectivity index (χ3n) is 1.05. The van der Waals surface area contributed by atoms with Gasteiger partial charge in [-0.05, 0) is 7.05 Å². The lowest BCUT2D eigenvalue weighted by molar-refractivity contribution is -0.115. The molecule has 60 valence electrons. The summed E-state index contributed by atoms with van der Waals surface area (Å²) in [7, 11) is 1.70. The molecule has 0 atom stereocenters. The predicted octanol–water partition coefficient (Wildman–Crippen LogP) is -0.168. The predicted molar refractivity (Wildman–Crippen MR) is 39.1 cm³/mol. The highest BCUT2D eigenvalue weighted by Crippen LogP contribution is 2.01. The Labute approximate surface area is 63.8 Å². The molecule has 0 aliphatic heterocycles. The molecular weight excluding hydrogens is 146 g/mol. The molecule has 1 aromatic rings. The SMILES string of the molecule is CNCC(=O)Nc1cnoc1. The van der Waals surface area contributed by atoms with Crippen molar-refractivity contribution in [1.82, 2.24) is 10.5 Å². The van der Waals surface area contributed by atoms with Crippen molar-refractivity contribution in [2.45, 2.75) is 0 Å². The molecule has 0 fully saturated rings. The molecule has 1 heterocycles. The number of anilines is 1. The quantitative estimate of drug-likeness (QED) is 0.636. The summed E-state index contributed by atoms with van der Waals surface area (Å²) in [4.78, 5) is 10.9. The zero-order chi connectivity index (χ0) is 8.10. The van der Waals surface area contributed by atoms with Crippen LogP contribution >= 0.6 is 0 Å². The Balaban J connectivity index is 2.37. The second-order valence-corrected chi connectivity index (χ2v) is 1.99. The van der Waals surface area contributed by atoms with Gasteiger partial charge in [-0.2, -0.15) is 0 Å². The fourth-order valence-corrected chi connectivity index (χ4v) is 0.632. The molecule has 0 bridgehead atoms. The van der Waals surface area contributed by atoms with E-state index in [4.69, 9.17) is 0 Å². The Morgan fingerprint density at radius 3 is 3.18 bits per heavy atom. The van der Waals surface area contributed by atoms with Crippen LogP contribution in [0.15, 0.2) is 17.0 Å². The first-order valence-corrected chi connectivity index (χ1v) is 3.17. The molecule has 0 saturated heterocycles. The van der Waals surface area contributed by atoms with Gasteiger partial charge in [0.25, 0.3) is 0 Å². The van der Waals surface area contributed by atoms with E-state index in [0.717, 1.165) is 0 Å². The number of carbonyl (C=O) groups is 1. The van der Waals surface area contributed by atoms with Gasteiger partial charge in [0, 0.05) is 0 Å². The van der Waals surface area contributed by atoms with E-state index in [1.54, 1.807) is 7.05 Å². The van der Waals surface area contributed by atoms with E-state index in [1.165, 1.54) is 12.5 Å². The van der Waals surface area contributed by atoms with E-state index >= 15 is 0 Å². The first-order chi connectivity index (χ1) is 5.33. The van der Waals surface area contributed by atoms with Crippen LogP contribution in [-0.4, -0.2) is 24.7 Å². The summed E-state index contributed by atoms with van der Waals surface area (Å²) in [5, 5.41) is 8.71. The Hall–Kier alpha value is -1.36. The van der Waals surface area contributed by atoms with E-state index in [2.05, 4.69) is 20.3 Å². The van der Waals surface area contributed by atoms with Gasteiger partial charge in [-0.25, -0.2) is 0 Å². The van der Waals surface area contributed by atoms with Gasteiger partial charge < -0.3 is 15.2 Å². The topological polar surface area (TPSA) is 67.2 Å². The summed E-state index contributed by atoms with van der Waals surface area (Å²) in [5.41, 5.74) is 0.574. The van der Waals surface area contributed by atoms with Crippen molar-refractivity contribution in [1.29, 1.82) is 0 Å². The van der Waals surface area contributed by atoms with Gasteiger partial charge in [0.1, 0.15) is 12.0 Å². The maximum Gasteiger partial charge on any atom is 0.238 e. The molecule has 5 nitrogen and oxygen atoms in total. The Bertz CT molecular complexity index is 220. The number of aromatic nitrogens is 1. The van der Waals surface area contributed by atoms with E-state index < -0.39 is 0 Å². The van der Waals surface area contributed by atoms with Crippen molar-refractivity contribution in [3.8, 4) is 0 Å². The van der Waals surface area contributed by atoms with Crippen LogP contribution in [0, 0.1) is 0 Å². The minimum absolute atomic E-state index is 0.115. The van der Waals surface area contributed by atoms with Crippen molar-refractivity contribution in [2.24, 2.45) is 0 Å². The average molecular weight is 155 g/mol. The van der Waals surface area contributed by atoms with Crippen LogP contribution in [0.5, 0.6) is 0 Å². The van der Waals surface area contributed by atoms with Crippen molar-refractivity contribution < 1.29 is 9.32 Å². The van der Waals surface area contributed by atoms with Gasteiger partial charge in [0.05, 0.1) is 12.7 Å². The number of likely N-dealkylation sites (N-methyl/N-ethyl adjacent to an activating group) is 1. The molecule has 2 N–H and O–H groups in total. The fourth-order valence-electron chi connectivity index (χ4n) is 0.632. The zero-order valence-electron chi connectivity index (χ0n) is 6.13.